The monoisotopic (exact) mass is 811 g/mol. The van der Waals surface area contributed by atoms with Gasteiger partial charge in [0.15, 0.2) is 0 Å². The molecule has 0 amide bonds. The van der Waals surface area contributed by atoms with Crippen LogP contribution in [-0.4, -0.2) is 0 Å². The molecule has 1 nitrogen and oxygen atoms in total. The van der Waals surface area contributed by atoms with Crippen LogP contribution in [0.3, 0.4) is 0 Å². The van der Waals surface area contributed by atoms with Crippen molar-refractivity contribution in [1.82, 2.24) is 0 Å². The first-order chi connectivity index (χ1) is 30.9. The van der Waals surface area contributed by atoms with E-state index in [9.17, 15) is 0 Å². The van der Waals surface area contributed by atoms with Gasteiger partial charge >= 0.3 is 0 Å². The second-order valence-corrected chi connectivity index (χ2v) is 17.6. The molecule has 0 aromatic heterocycles. The molecule has 0 saturated carbocycles. The predicted molar refractivity (Wildman–Crippen MR) is 268 cm³/mol. The first-order valence-electron chi connectivity index (χ1n) is 22.4. The molecule has 0 N–H and O–H groups in total. The fourth-order valence-corrected chi connectivity index (χ4v) is 10.6. The maximum Gasteiger partial charge on any atom is 0.0492 e. The molecule has 7 aromatic carbocycles. The van der Waals surface area contributed by atoms with Gasteiger partial charge in [-0.3, -0.25) is 0 Å². The Hall–Kier alpha value is -7.22. The Morgan fingerprint density at radius 2 is 1.17 bits per heavy atom. The molecule has 3 aliphatic rings. The van der Waals surface area contributed by atoms with Gasteiger partial charge in [-0.2, -0.15) is 0 Å². The number of rotatable bonds is 8. The van der Waals surface area contributed by atoms with E-state index in [1.54, 1.807) is 0 Å². The van der Waals surface area contributed by atoms with Crippen molar-refractivity contribution >= 4 is 22.5 Å². The van der Waals surface area contributed by atoms with E-state index in [0.717, 1.165) is 41.8 Å². The molecule has 0 bridgehead atoms. The average molecular weight is 812 g/mol. The molecule has 1 heteroatoms. The lowest BCUT2D eigenvalue weighted by Crippen LogP contribution is -2.38. The second-order valence-electron chi connectivity index (χ2n) is 17.6. The van der Waals surface area contributed by atoms with E-state index in [1.807, 2.05) is 0 Å². The Morgan fingerprint density at radius 1 is 0.540 bits per heavy atom. The Labute approximate surface area is 373 Å². The number of anilines is 1. The van der Waals surface area contributed by atoms with Crippen LogP contribution < -0.4 is 15.3 Å². The number of fused-ring (bicyclic) bond motifs is 5. The topological polar surface area (TPSA) is 3.24 Å². The molecule has 0 radical (unpaired) electrons. The molecule has 63 heavy (non-hydrogen) atoms. The third-order valence-electron chi connectivity index (χ3n) is 13.7. The second kappa shape index (κ2) is 16.6. The van der Waals surface area contributed by atoms with Crippen LogP contribution in [0.5, 0.6) is 0 Å². The van der Waals surface area contributed by atoms with E-state index < -0.39 is 5.41 Å². The Balaban J connectivity index is 1.21. The molecule has 306 valence electrons. The van der Waals surface area contributed by atoms with Crippen molar-refractivity contribution in [2.75, 3.05) is 4.90 Å². The summed E-state index contributed by atoms with van der Waals surface area (Å²) in [6.45, 7) is 11.6. The molecule has 0 fully saturated rings. The molecule has 10 rings (SSSR count). The van der Waals surface area contributed by atoms with Gasteiger partial charge < -0.3 is 4.90 Å². The fourth-order valence-electron chi connectivity index (χ4n) is 10.6. The summed E-state index contributed by atoms with van der Waals surface area (Å²) in [7, 11) is 0. The van der Waals surface area contributed by atoms with Gasteiger partial charge in [-0.1, -0.05) is 215 Å². The van der Waals surface area contributed by atoms with E-state index in [-0.39, 0.29) is 5.41 Å². The van der Waals surface area contributed by atoms with Crippen molar-refractivity contribution in [2.24, 2.45) is 0 Å². The van der Waals surface area contributed by atoms with Crippen molar-refractivity contribution in [1.29, 1.82) is 0 Å². The highest BCUT2D eigenvalue weighted by atomic mass is 15.2. The lowest BCUT2D eigenvalue weighted by atomic mass is 9.65. The van der Waals surface area contributed by atoms with Crippen LogP contribution >= 0.6 is 0 Å². The SMILES string of the molecule is C=C1/C=C\C(N(C2=c3ccccc3=C(/C=C\C=C/C)CC2)c2cccc(-c3ccc4c(c3)C(C)(C)c3ccccc3-4)c2)=C/CC(c2ccccc2)(c2ccccc2)c2ccccc21. The van der Waals surface area contributed by atoms with Crippen LogP contribution in [0.25, 0.3) is 39.1 Å². The van der Waals surface area contributed by atoms with Gasteiger partial charge in [0, 0.05) is 33.1 Å². The van der Waals surface area contributed by atoms with Gasteiger partial charge in [0.1, 0.15) is 0 Å². The minimum Gasteiger partial charge on any atom is -0.314 e. The minimum absolute atomic E-state index is 0.0836. The summed E-state index contributed by atoms with van der Waals surface area (Å²) in [5.41, 5.74) is 18.1. The van der Waals surface area contributed by atoms with Crippen molar-refractivity contribution in [3.8, 4) is 22.3 Å². The van der Waals surface area contributed by atoms with Gasteiger partial charge in [-0.25, -0.2) is 0 Å². The smallest absolute Gasteiger partial charge is 0.0492 e. The van der Waals surface area contributed by atoms with Crippen molar-refractivity contribution in [3.05, 3.63) is 275 Å². The number of benzene rings is 7. The molecule has 0 atom stereocenters. The summed E-state index contributed by atoms with van der Waals surface area (Å²) < 4.78 is 0. The standard InChI is InChI=1S/C62H53N/c1-5-6-9-21-45-36-39-60(56-31-15-14-29-53(45)56)63(51-27-20-22-46(42-51)47-35-38-55-54-30-17-18-32-57(54)61(3,4)59(55)43-47)50-37-34-44(2)52-28-16-19-33-58(52)62(41-40-50,48-23-10-7-11-24-48)49-25-12-8-13-26-49/h5-35,37-38,40,42-43H,2,36,39,41H2,1,3-4H3/b6-5-,21-9-,37-34-,50-40+. The van der Waals surface area contributed by atoms with Crippen LogP contribution in [0, 0.1) is 0 Å². The van der Waals surface area contributed by atoms with Gasteiger partial charge in [-0.05, 0) is 122 Å². The zero-order chi connectivity index (χ0) is 43.0. The molecule has 0 saturated heterocycles. The molecule has 7 aromatic rings. The zero-order valence-corrected chi connectivity index (χ0v) is 36.6. The number of nitrogens with zero attached hydrogens (tertiary/aromatic N) is 1. The third-order valence-corrected chi connectivity index (χ3v) is 13.7. The fraction of sp³-hybridized carbons (Fsp3) is 0.129. The Morgan fingerprint density at radius 3 is 1.92 bits per heavy atom. The normalized spacial score (nSPS) is 17.4. The van der Waals surface area contributed by atoms with Crippen LogP contribution in [0.2, 0.25) is 0 Å². The van der Waals surface area contributed by atoms with Gasteiger partial charge in [0.25, 0.3) is 0 Å². The highest BCUT2D eigenvalue weighted by Gasteiger charge is 2.39. The number of hydrogen-bond acceptors (Lipinski definition) is 1. The van der Waals surface area contributed by atoms with E-state index >= 15 is 0 Å². The first-order valence-corrected chi connectivity index (χ1v) is 22.4. The van der Waals surface area contributed by atoms with E-state index in [1.165, 1.54) is 71.8 Å². The van der Waals surface area contributed by atoms with E-state index in [0.29, 0.717) is 0 Å². The maximum absolute atomic E-state index is 4.77. The average Bonchev–Trinajstić information content (AvgIpc) is 3.59. The highest BCUT2D eigenvalue weighted by molar-refractivity contribution is 5.86. The van der Waals surface area contributed by atoms with Gasteiger partial charge in [0.2, 0.25) is 0 Å². The minimum atomic E-state index is -0.491. The molecule has 0 aliphatic heterocycles. The van der Waals surface area contributed by atoms with Crippen molar-refractivity contribution in [3.63, 3.8) is 0 Å². The Kier molecular flexibility index (Phi) is 10.5. The lowest BCUT2D eigenvalue weighted by molar-refractivity contribution is 0.624. The van der Waals surface area contributed by atoms with Crippen LogP contribution in [-0.2, 0) is 10.8 Å². The summed E-state index contributed by atoms with van der Waals surface area (Å²) in [6.07, 6.45) is 18.3. The van der Waals surface area contributed by atoms with Crippen LogP contribution in [0.1, 0.15) is 73.4 Å². The Bertz CT molecular complexity index is 3090. The molecular formula is C62H53N. The first kappa shape index (κ1) is 39.9. The third kappa shape index (κ3) is 6.99. The highest BCUT2D eigenvalue weighted by Crippen LogP contribution is 2.50. The number of hydrogen-bond donors (Lipinski definition) is 0. The maximum atomic E-state index is 4.77. The van der Waals surface area contributed by atoms with E-state index in [4.69, 9.17) is 6.58 Å². The van der Waals surface area contributed by atoms with Crippen molar-refractivity contribution < 1.29 is 0 Å². The summed E-state index contributed by atoms with van der Waals surface area (Å²) in [5.74, 6) is 0. The van der Waals surface area contributed by atoms with Crippen molar-refractivity contribution in [2.45, 2.75) is 50.9 Å². The summed E-state index contributed by atoms with van der Waals surface area (Å²) >= 11 is 0. The molecule has 0 spiro atoms. The van der Waals surface area contributed by atoms with Crippen LogP contribution in [0.4, 0.5) is 5.69 Å². The predicted octanol–water partition coefficient (Wildman–Crippen LogP) is 14.2. The quantitative estimate of drug-likeness (QED) is 0.138. The number of allylic oxidation sites excluding steroid dienone is 8. The largest absolute Gasteiger partial charge is 0.314 e. The molecule has 3 aliphatic carbocycles. The van der Waals surface area contributed by atoms with Gasteiger partial charge in [0.05, 0.1) is 0 Å². The lowest BCUT2D eigenvalue weighted by Gasteiger charge is -2.37. The summed E-state index contributed by atoms with van der Waals surface area (Å²) in [4.78, 5) is 2.56. The summed E-state index contributed by atoms with van der Waals surface area (Å²) in [6, 6.07) is 65.2. The van der Waals surface area contributed by atoms with E-state index in [2.05, 4.69) is 244 Å². The molecule has 0 heterocycles. The van der Waals surface area contributed by atoms with Gasteiger partial charge in [-0.15, -0.1) is 0 Å². The molecular weight excluding hydrogens is 759 g/mol. The molecule has 0 unspecified atom stereocenters. The summed E-state index contributed by atoms with van der Waals surface area (Å²) in [5, 5.41) is 2.55. The van der Waals surface area contributed by atoms with Crippen LogP contribution in [0.15, 0.2) is 231 Å². The zero-order valence-electron chi connectivity index (χ0n) is 36.6.